The second-order valence-electron chi connectivity index (χ2n) is 7.04. The van der Waals surface area contributed by atoms with E-state index in [4.69, 9.17) is 4.74 Å². The topological polar surface area (TPSA) is 57.0 Å². The van der Waals surface area contributed by atoms with Crippen LogP contribution >= 0.6 is 11.8 Å². The van der Waals surface area contributed by atoms with Crippen LogP contribution in [0.1, 0.15) is 47.4 Å². The molecule has 2 aromatic carbocycles. The summed E-state index contributed by atoms with van der Waals surface area (Å²) in [7, 11) is 1.62. The van der Waals surface area contributed by atoms with Gasteiger partial charge in [-0.25, -0.2) is 0 Å². The number of aromatic nitrogens is 3. The van der Waals surface area contributed by atoms with Crippen LogP contribution in [0.5, 0.6) is 5.75 Å². The fourth-order valence-corrected chi connectivity index (χ4v) is 4.08. The van der Waals surface area contributed by atoms with Crippen LogP contribution in [0.15, 0.2) is 59.8 Å². The molecule has 0 amide bonds. The van der Waals surface area contributed by atoms with Gasteiger partial charge in [-0.2, -0.15) is 0 Å². The van der Waals surface area contributed by atoms with Crippen molar-refractivity contribution in [3.05, 3.63) is 71.5 Å². The van der Waals surface area contributed by atoms with Crippen molar-refractivity contribution in [1.82, 2.24) is 14.8 Å². The van der Waals surface area contributed by atoms with Gasteiger partial charge in [0.1, 0.15) is 11.6 Å². The molecule has 0 N–H and O–H groups in total. The van der Waals surface area contributed by atoms with E-state index in [0.717, 1.165) is 36.1 Å². The largest absolute Gasteiger partial charge is 0.497 e. The molecule has 1 aliphatic rings. The number of Topliss-reactive ketones (excluding diaryl/α,β-unsaturated/α-hetero) is 1. The normalized spacial score (nSPS) is 14.6. The number of carbonyl (C=O) groups is 1. The Bertz CT molecular complexity index is 950. The van der Waals surface area contributed by atoms with Crippen LogP contribution in [0.25, 0.3) is 0 Å². The monoisotopic (exact) mass is 393 g/mol. The number of hydrogen-bond donors (Lipinski definition) is 0. The van der Waals surface area contributed by atoms with Gasteiger partial charge < -0.3 is 9.30 Å². The molecule has 28 heavy (non-hydrogen) atoms. The first-order valence-corrected chi connectivity index (χ1v) is 10.4. The van der Waals surface area contributed by atoms with Gasteiger partial charge in [0.2, 0.25) is 0 Å². The second-order valence-corrected chi connectivity index (χ2v) is 8.35. The Morgan fingerprint density at radius 1 is 1.14 bits per heavy atom. The number of ketones is 1. The Morgan fingerprint density at radius 2 is 1.86 bits per heavy atom. The molecule has 6 heteroatoms. The predicted molar refractivity (Wildman–Crippen MR) is 110 cm³/mol. The third kappa shape index (κ3) is 4.12. The summed E-state index contributed by atoms with van der Waals surface area (Å²) in [6.07, 6.45) is 2.33. The number of rotatable bonds is 8. The summed E-state index contributed by atoms with van der Waals surface area (Å²) in [5.74, 6) is 2.36. The minimum Gasteiger partial charge on any atom is -0.497 e. The lowest BCUT2D eigenvalue weighted by atomic mass is 10.1. The summed E-state index contributed by atoms with van der Waals surface area (Å²) < 4.78 is 7.35. The summed E-state index contributed by atoms with van der Waals surface area (Å²) in [5, 5.41) is 9.42. The van der Waals surface area contributed by atoms with E-state index in [1.807, 2.05) is 49.4 Å². The number of hydrogen-bond acceptors (Lipinski definition) is 5. The van der Waals surface area contributed by atoms with Gasteiger partial charge in [-0.05, 0) is 49.6 Å². The van der Waals surface area contributed by atoms with Gasteiger partial charge in [0.25, 0.3) is 0 Å². The van der Waals surface area contributed by atoms with Crippen molar-refractivity contribution in [3.8, 4) is 5.75 Å². The molecule has 1 atom stereocenters. The molecule has 0 saturated heterocycles. The maximum Gasteiger partial charge on any atom is 0.192 e. The van der Waals surface area contributed by atoms with Gasteiger partial charge in [-0.3, -0.25) is 4.79 Å². The van der Waals surface area contributed by atoms with Crippen molar-refractivity contribution in [2.24, 2.45) is 0 Å². The molecule has 0 aliphatic heterocycles. The first-order chi connectivity index (χ1) is 13.7. The lowest BCUT2D eigenvalue weighted by Gasteiger charge is -2.13. The Balaban J connectivity index is 1.54. The zero-order valence-corrected chi connectivity index (χ0v) is 16.9. The molecular formula is C22H23N3O2S. The molecule has 1 heterocycles. The smallest absolute Gasteiger partial charge is 0.192 e. The lowest BCUT2D eigenvalue weighted by molar-refractivity contribution is 0.0994. The van der Waals surface area contributed by atoms with Gasteiger partial charge >= 0.3 is 0 Å². The summed E-state index contributed by atoms with van der Waals surface area (Å²) in [4.78, 5) is 12.9. The number of methoxy groups -OCH3 is 1. The maximum absolute atomic E-state index is 12.9. The predicted octanol–water partition coefficient (Wildman–Crippen LogP) is 4.58. The minimum atomic E-state index is -0.251. The van der Waals surface area contributed by atoms with Crippen molar-refractivity contribution in [2.45, 2.75) is 42.6 Å². The van der Waals surface area contributed by atoms with E-state index < -0.39 is 0 Å². The zero-order chi connectivity index (χ0) is 19.5. The van der Waals surface area contributed by atoms with Crippen LogP contribution in [0.3, 0.4) is 0 Å². The van der Waals surface area contributed by atoms with Gasteiger partial charge in [-0.15, -0.1) is 10.2 Å². The van der Waals surface area contributed by atoms with Crippen LogP contribution in [-0.2, 0) is 6.54 Å². The fraction of sp³-hybridized carbons (Fsp3) is 0.318. The Labute approximate surface area is 169 Å². The Hall–Kier alpha value is -2.60. The minimum absolute atomic E-state index is 0.0786. The quantitative estimate of drug-likeness (QED) is 0.414. The van der Waals surface area contributed by atoms with E-state index in [-0.39, 0.29) is 11.0 Å². The van der Waals surface area contributed by atoms with Crippen LogP contribution < -0.4 is 4.74 Å². The number of carbonyl (C=O) groups excluding carboxylic acids is 1. The van der Waals surface area contributed by atoms with Crippen molar-refractivity contribution in [1.29, 1.82) is 0 Å². The first kappa shape index (κ1) is 18.7. The first-order valence-electron chi connectivity index (χ1n) is 9.47. The summed E-state index contributed by atoms with van der Waals surface area (Å²) >= 11 is 1.48. The van der Waals surface area contributed by atoms with E-state index in [2.05, 4.69) is 26.9 Å². The molecule has 1 aromatic heterocycles. The number of nitrogens with zero attached hydrogens (tertiary/aromatic N) is 3. The highest BCUT2D eigenvalue weighted by atomic mass is 32.2. The van der Waals surface area contributed by atoms with Gasteiger partial charge in [0.05, 0.1) is 18.9 Å². The van der Waals surface area contributed by atoms with Crippen molar-refractivity contribution in [2.75, 3.05) is 7.11 Å². The Kier molecular flexibility index (Phi) is 5.48. The molecule has 0 spiro atoms. The van der Waals surface area contributed by atoms with E-state index in [9.17, 15) is 4.79 Å². The third-order valence-electron chi connectivity index (χ3n) is 4.90. The molecular weight excluding hydrogens is 370 g/mol. The molecule has 4 rings (SSSR count). The van der Waals surface area contributed by atoms with E-state index >= 15 is 0 Å². The Morgan fingerprint density at radius 3 is 2.50 bits per heavy atom. The molecule has 0 bridgehead atoms. The zero-order valence-electron chi connectivity index (χ0n) is 16.0. The van der Waals surface area contributed by atoms with Crippen molar-refractivity contribution in [3.63, 3.8) is 0 Å². The molecule has 144 valence electrons. The molecule has 0 radical (unpaired) electrons. The summed E-state index contributed by atoms with van der Waals surface area (Å²) in [6, 6.07) is 17.6. The molecule has 1 unspecified atom stereocenters. The fourth-order valence-electron chi connectivity index (χ4n) is 3.15. The van der Waals surface area contributed by atoms with E-state index in [0.29, 0.717) is 11.5 Å². The van der Waals surface area contributed by atoms with E-state index in [1.54, 1.807) is 7.11 Å². The molecule has 5 nitrogen and oxygen atoms in total. The molecule has 1 saturated carbocycles. The second kappa shape index (κ2) is 8.19. The number of ether oxygens (including phenoxy) is 1. The number of thioether (sulfide) groups is 1. The van der Waals surface area contributed by atoms with Gasteiger partial charge in [0.15, 0.2) is 10.9 Å². The standard InChI is InChI=1S/C22H23N3O2S/c1-15(20(26)17-10-12-19(27-2)13-11-17)28-22-24-23-21(18-8-9-18)25(22)14-16-6-4-3-5-7-16/h3-7,10-13,15,18H,8-9,14H2,1-2H3. The maximum atomic E-state index is 12.9. The highest BCUT2D eigenvalue weighted by Crippen LogP contribution is 2.40. The van der Waals surface area contributed by atoms with E-state index in [1.165, 1.54) is 17.3 Å². The average Bonchev–Trinajstić information content (AvgIpc) is 3.51. The molecule has 1 fully saturated rings. The van der Waals surface area contributed by atoms with Crippen molar-refractivity contribution < 1.29 is 9.53 Å². The SMILES string of the molecule is COc1ccc(C(=O)C(C)Sc2nnc(C3CC3)n2Cc2ccccc2)cc1. The summed E-state index contributed by atoms with van der Waals surface area (Å²) in [6.45, 7) is 2.65. The highest BCUT2D eigenvalue weighted by molar-refractivity contribution is 8.00. The van der Waals surface area contributed by atoms with Crippen LogP contribution in [-0.4, -0.2) is 32.9 Å². The lowest BCUT2D eigenvalue weighted by Crippen LogP contribution is -2.15. The molecule has 3 aromatic rings. The third-order valence-corrected chi connectivity index (χ3v) is 5.98. The molecule has 1 aliphatic carbocycles. The van der Waals surface area contributed by atoms with Crippen LogP contribution in [0.2, 0.25) is 0 Å². The highest BCUT2D eigenvalue weighted by Gasteiger charge is 2.31. The van der Waals surface area contributed by atoms with Gasteiger partial charge in [-0.1, -0.05) is 42.1 Å². The van der Waals surface area contributed by atoms with Crippen LogP contribution in [0, 0.1) is 0 Å². The summed E-state index contributed by atoms with van der Waals surface area (Å²) in [5.41, 5.74) is 1.89. The van der Waals surface area contributed by atoms with Gasteiger partial charge in [0, 0.05) is 11.5 Å². The van der Waals surface area contributed by atoms with Crippen LogP contribution in [0.4, 0.5) is 0 Å². The average molecular weight is 394 g/mol. The van der Waals surface area contributed by atoms with Crippen molar-refractivity contribution >= 4 is 17.5 Å². The number of benzene rings is 2.